The van der Waals surface area contributed by atoms with Crippen molar-refractivity contribution in [3.8, 4) is 11.3 Å². The van der Waals surface area contributed by atoms with Gasteiger partial charge in [0.05, 0.1) is 11.0 Å². The number of para-hydroxylation sites is 2. The van der Waals surface area contributed by atoms with E-state index < -0.39 is 0 Å². The van der Waals surface area contributed by atoms with Gasteiger partial charge in [-0.2, -0.15) is 0 Å². The van der Waals surface area contributed by atoms with Crippen LogP contribution >= 0.6 is 0 Å². The van der Waals surface area contributed by atoms with E-state index in [1.165, 1.54) is 51.4 Å². The lowest BCUT2D eigenvalue weighted by atomic mass is 10.1. The van der Waals surface area contributed by atoms with Crippen molar-refractivity contribution in [2.75, 3.05) is 0 Å². The number of benzene rings is 2. The first-order valence-corrected chi connectivity index (χ1v) is 11.6. The second-order valence-corrected chi connectivity index (χ2v) is 8.17. The van der Waals surface area contributed by atoms with E-state index in [0.29, 0.717) is 0 Å². The molecule has 0 aliphatic heterocycles. The summed E-state index contributed by atoms with van der Waals surface area (Å²) in [5.74, 6) is 1.05. The topological polar surface area (TPSA) is 43.1 Å². The molecule has 0 spiro atoms. The smallest absolute Gasteiger partial charge is 0.187 e. The maximum Gasteiger partial charge on any atom is 0.187 e. The summed E-state index contributed by atoms with van der Waals surface area (Å²) in [4.78, 5) is 4.91. The van der Waals surface area contributed by atoms with Crippen LogP contribution in [0.2, 0.25) is 0 Å². The molecule has 0 bridgehead atoms. The largest absolute Gasteiger partial charge is 0.275 e. The van der Waals surface area contributed by atoms with Gasteiger partial charge < -0.3 is 0 Å². The van der Waals surface area contributed by atoms with E-state index in [2.05, 4.69) is 51.9 Å². The molecule has 0 aliphatic carbocycles. The monoisotopic (exact) mass is 400 g/mol. The Hall–Kier alpha value is -2.75. The second kappa shape index (κ2) is 10.3. The Labute approximate surface area is 179 Å². The lowest BCUT2D eigenvalue weighted by Gasteiger charge is -2.09. The fourth-order valence-electron chi connectivity index (χ4n) is 4.19. The molecule has 0 radical (unpaired) electrons. The summed E-state index contributed by atoms with van der Waals surface area (Å²) >= 11 is 0. The Bertz CT molecular complexity index is 1070. The van der Waals surface area contributed by atoms with Crippen molar-refractivity contribution in [3.05, 3.63) is 60.4 Å². The van der Waals surface area contributed by atoms with Gasteiger partial charge in [0.1, 0.15) is 11.5 Å². The normalized spacial score (nSPS) is 11.5. The minimum absolute atomic E-state index is 0.853. The van der Waals surface area contributed by atoms with E-state index in [4.69, 9.17) is 4.98 Å². The number of hydrogen-bond donors (Lipinski definition) is 0. The summed E-state index contributed by atoms with van der Waals surface area (Å²) in [5, 5.41) is 9.12. The molecule has 4 rings (SSSR count). The molecule has 4 heteroatoms. The zero-order chi connectivity index (χ0) is 20.6. The van der Waals surface area contributed by atoms with Crippen molar-refractivity contribution in [1.82, 2.24) is 19.6 Å². The SMILES string of the molecule is CCCCCCCCCCCc1nnc2c(-c3ccccc3)nc3ccccc3n12. The van der Waals surface area contributed by atoms with Crippen LogP contribution in [0.15, 0.2) is 54.6 Å². The molecule has 156 valence electrons. The van der Waals surface area contributed by atoms with Crippen molar-refractivity contribution in [2.45, 2.75) is 71.1 Å². The minimum Gasteiger partial charge on any atom is -0.275 e. The fourth-order valence-corrected chi connectivity index (χ4v) is 4.19. The van der Waals surface area contributed by atoms with Gasteiger partial charge in [-0.15, -0.1) is 10.2 Å². The Morgan fingerprint density at radius 3 is 2.13 bits per heavy atom. The third kappa shape index (κ3) is 4.69. The molecule has 30 heavy (non-hydrogen) atoms. The van der Waals surface area contributed by atoms with Crippen LogP contribution in [-0.4, -0.2) is 19.6 Å². The van der Waals surface area contributed by atoms with Crippen molar-refractivity contribution >= 4 is 16.7 Å². The van der Waals surface area contributed by atoms with Crippen LogP contribution in [0.25, 0.3) is 27.9 Å². The van der Waals surface area contributed by atoms with E-state index in [0.717, 1.165) is 46.6 Å². The quantitative estimate of drug-likeness (QED) is 0.254. The van der Waals surface area contributed by atoms with E-state index in [9.17, 15) is 0 Å². The summed E-state index contributed by atoms with van der Waals surface area (Å²) in [6.45, 7) is 2.27. The molecule has 0 saturated carbocycles. The lowest BCUT2D eigenvalue weighted by Crippen LogP contribution is -2.00. The predicted octanol–water partition coefficient (Wildman–Crippen LogP) is 7.02. The molecular weight excluding hydrogens is 368 g/mol. The van der Waals surface area contributed by atoms with Gasteiger partial charge in [0, 0.05) is 12.0 Å². The van der Waals surface area contributed by atoms with E-state index >= 15 is 0 Å². The van der Waals surface area contributed by atoms with Crippen molar-refractivity contribution in [2.24, 2.45) is 0 Å². The maximum atomic E-state index is 4.91. The number of rotatable bonds is 11. The second-order valence-electron chi connectivity index (χ2n) is 8.17. The highest BCUT2D eigenvalue weighted by molar-refractivity contribution is 5.85. The highest BCUT2D eigenvalue weighted by Gasteiger charge is 2.15. The predicted molar refractivity (Wildman–Crippen MR) is 125 cm³/mol. The molecule has 0 atom stereocenters. The number of hydrogen-bond acceptors (Lipinski definition) is 3. The number of aryl methyl sites for hydroxylation is 1. The highest BCUT2D eigenvalue weighted by atomic mass is 15.3. The number of nitrogens with zero attached hydrogens (tertiary/aromatic N) is 4. The average Bonchev–Trinajstić information content (AvgIpc) is 3.22. The molecule has 0 N–H and O–H groups in total. The minimum atomic E-state index is 0.853. The molecule has 2 aromatic heterocycles. The molecule has 2 heterocycles. The fraction of sp³-hybridized carbons (Fsp3) is 0.423. The molecule has 0 amide bonds. The van der Waals surface area contributed by atoms with Gasteiger partial charge in [-0.25, -0.2) is 4.98 Å². The van der Waals surface area contributed by atoms with Gasteiger partial charge in [0.15, 0.2) is 5.65 Å². The van der Waals surface area contributed by atoms with Gasteiger partial charge in [0.2, 0.25) is 0 Å². The maximum absolute atomic E-state index is 4.91. The summed E-state index contributed by atoms with van der Waals surface area (Å²) in [5.41, 5.74) is 4.90. The first kappa shape index (κ1) is 20.5. The Balaban J connectivity index is 1.49. The number of unbranched alkanes of at least 4 members (excludes halogenated alkanes) is 8. The molecular formula is C26H32N4. The van der Waals surface area contributed by atoms with E-state index in [1.54, 1.807) is 0 Å². The van der Waals surface area contributed by atoms with Crippen LogP contribution in [0.1, 0.15) is 70.5 Å². The molecule has 0 saturated heterocycles. The third-order valence-electron chi connectivity index (χ3n) is 5.85. The summed E-state index contributed by atoms with van der Waals surface area (Å²) in [6.07, 6.45) is 12.9. The van der Waals surface area contributed by atoms with Crippen molar-refractivity contribution < 1.29 is 0 Å². The number of aromatic nitrogens is 4. The van der Waals surface area contributed by atoms with Crippen LogP contribution in [0.5, 0.6) is 0 Å². The van der Waals surface area contributed by atoms with Gasteiger partial charge in [0.25, 0.3) is 0 Å². The van der Waals surface area contributed by atoms with E-state index in [1.807, 2.05) is 24.3 Å². The molecule has 0 aliphatic rings. The van der Waals surface area contributed by atoms with Gasteiger partial charge in [-0.05, 0) is 18.6 Å². The molecule has 0 fully saturated rings. The van der Waals surface area contributed by atoms with Crippen LogP contribution in [-0.2, 0) is 6.42 Å². The first-order chi connectivity index (χ1) is 14.9. The molecule has 4 nitrogen and oxygen atoms in total. The average molecular weight is 401 g/mol. The van der Waals surface area contributed by atoms with Crippen LogP contribution in [0.3, 0.4) is 0 Å². The van der Waals surface area contributed by atoms with Crippen LogP contribution < -0.4 is 0 Å². The zero-order valence-electron chi connectivity index (χ0n) is 18.1. The summed E-state index contributed by atoms with van der Waals surface area (Å²) < 4.78 is 2.22. The van der Waals surface area contributed by atoms with E-state index in [-0.39, 0.29) is 0 Å². The molecule has 2 aromatic carbocycles. The van der Waals surface area contributed by atoms with Crippen LogP contribution in [0.4, 0.5) is 0 Å². The number of fused-ring (bicyclic) bond motifs is 3. The molecule has 4 aromatic rings. The Morgan fingerprint density at radius 2 is 1.37 bits per heavy atom. The third-order valence-corrected chi connectivity index (χ3v) is 5.85. The van der Waals surface area contributed by atoms with Crippen molar-refractivity contribution in [1.29, 1.82) is 0 Å². The standard InChI is InChI=1S/C26H32N4/c1-2-3-4-5-6-7-8-9-13-20-24-28-29-26-25(21-16-11-10-12-17-21)27-22-18-14-15-19-23(22)30(24)26/h10-12,14-19H,2-9,13,20H2,1H3. The zero-order valence-corrected chi connectivity index (χ0v) is 18.1. The molecule has 0 unspecified atom stereocenters. The summed E-state index contributed by atoms with van der Waals surface area (Å²) in [6, 6.07) is 18.6. The summed E-state index contributed by atoms with van der Waals surface area (Å²) in [7, 11) is 0. The highest BCUT2D eigenvalue weighted by Crippen LogP contribution is 2.26. The Morgan fingerprint density at radius 1 is 0.700 bits per heavy atom. The van der Waals surface area contributed by atoms with Gasteiger partial charge >= 0.3 is 0 Å². The van der Waals surface area contributed by atoms with Crippen molar-refractivity contribution in [3.63, 3.8) is 0 Å². The van der Waals surface area contributed by atoms with Gasteiger partial charge in [-0.3, -0.25) is 4.40 Å². The first-order valence-electron chi connectivity index (χ1n) is 11.6. The Kier molecular flexibility index (Phi) is 7.07. The lowest BCUT2D eigenvalue weighted by molar-refractivity contribution is 0.561. The van der Waals surface area contributed by atoms with Gasteiger partial charge in [-0.1, -0.05) is 101 Å². The van der Waals surface area contributed by atoms with Crippen LogP contribution in [0, 0.1) is 0 Å².